The van der Waals surface area contributed by atoms with E-state index in [9.17, 15) is 0 Å². The van der Waals surface area contributed by atoms with Crippen LogP contribution in [0.5, 0.6) is 0 Å². The van der Waals surface area contributed by atoms with E-state index in [2.05, 4.69) is 20.6 Å². The van der Waals surface area contributed by atoms with Gasteiger partial charge in [0, 0.05) is 30.6 Å². The minimum atomic E-state index is 0.763. The van der Waals surface area contributed by atoms with E-state index in [4.69, 9.17) is 0 Å². The SMILES string of the molecule is CNCc1cn(CCc2scnc2C)nn1. The second kappa shape index (κ2) is 5.18. The summed E-state index contributed by atoms with van der Waals surface area (Å²) in [5.41, 5.74) is 3.99. The Morgan fingerprint density at radius 1 is 1.50 bits per heavy atom. The molecule has 0 radical (unpaired) electrons. The molecule has 2 heterocycles. The molecule has 2 aromatic heterocycles. The van der Waals surface area contributed by atoms with E-state index in [-0.39, 0.29) is 0 Å². The Morgan fingerprint density at radius 3 is 3.06 bits per heavy atom. The van der Waals surface area contributed by atoms with Crippen LogP contribution in [0.1, 0.15) is 16.3 Å². The molecule has 1 N–H and O–H groups in total. The molecule has 0 aliphatic heterocycles. The van der Waals surface area contributed by atoms with E-state index >= 15 is 0 Å². The molecule has 5 nitrogen and oxygen atoms in total. The van der Waals surface area contributed by atoms with Gasteiger partial charge in [0.25, 0.3) is 0 Å². The van der Waals surface area contributed by atoms with Crippen LogP contribution < -0.4 is 5.32 Å². The van der Waals surface area contributed by atoms with Gasteiger partial charge >= 0.3 is 0 Å². The molecule has 86 valence electrons. The van der Waals surface area contributed by atoms with Crippen molar-refractivity contribution in [2.75, 3.05) is 7.05 Å². The van der Waals surface area contributed by atoms with Crippen LogP contribution in [0.25, 0.3) is 0 Å². The number of nitrogens with one attached hydrogen (secondary N) is 1. The highest BCUT2D eigenvalue weighted by Crippen LogP contribution is 2.13. The molecule has 0 fully saturated rings. The Hall–Kier alpha value is -1.27. The fraction of sp³-hybridized carbons (Fsp3) is 0.500. The molecule has 2 rings (SSSR count). The molecule has 0 amide bonds. The van der Waals surface area contributed by atoms with Crippen LogP contribution in [0.3, 0.4) is 0 Å². The van der Waals surface area contributed by atoms with Gasteiger partial charge in [-0.25, -0.2) is 4.98 Å². The largest absolute Gasteiger partial charge is 0.314 e. The number of nitrogens with zero attached hydrogens (tertiary/aromatic N) is 4. The Kier molecular flexibility index (Phi) is 3.63. The van der Waals surface area contributed by atoms with Crippen molar-refractivity contribution < 1.29 is 0 Å². The predicted octanol–water partition coefficient (Wildman–Crippen LogP) is 1.01. The Balaban J connectivity index is 1.92. The smallest absolute Gasteiger partial charge is 0.0964 e. The summed E-state index contributed by atoms with van der Waals surface area (Å²) in [5, 5.41) is 11.2. The van der Waals surface area contributed by atoms with E-state index < -0.39 is 0 Å². The lowest BCUT2D eigenvalue weighted by molar-refractivity contribution is 0.590. The zero-order chi connectivity index (χ0) is 11.4. The third-order valence-electron chi connectivity index (χ3n) is 2.36. The maximum absolute atomic E-state index is 4.23. The van der Waals surface area contributed by atoms with Crippen molar-refractivity contribution in [3.05, 3.63) is 28.0 Å². The highest BCUT2D eigenvalue weighted by atomic mass is 32.1. The molecule has 0 saturated carbocycles. The average molecular weight is 237 g/mol. The number of hydrogen-bond acceptors (Lipinski definition) is 5. The van der Waals surface area contributed by atoms with Crippen LogP contribution in [-0.2, 0) is 19.5 Å². The molecular weight excluding hydrogens is 222 g/mol. The molecule has 0 aromatic carbocycles. The number of hydrogen-bond donors (Lipinski definition) is 1. The number of aryl methyl sites for hydroxylation is 3. The zero-order valence-electron chi connectivity index (χ0n) is 9.47. The minimum absolute atomic E-state index is 0.763. The van der Waals surface area contributed by atoms with Crippen molar-refractivity contribution in [1.82, 2.24) is 25.3 Å². The molecule has 0 aliphatic rings. The zero-order valence-corrected chi connectivity index (χ0v) is 10.3. The summed E-state index contributed by atoms with van der Waals surface area (Å²) in [6.07, 6.45) is 2.95. The molecule has 2 aromatic rings. The van der Waals surface area contributed by atoms with Crippen LogP contribution in [0.15, 0.2) is 11.7 Å². The molecule has 16 heavy (non-hydrogen) atoms. The summed E-state index contributed by atoms with van der Waals surface area (Å²) in [4.78, 5) is 5.55. The third kappa shape index (κ3) is 2.65. The molecule has 0 atom stereocenters. The average Bonchev–Trinajstić information content (AvgIpc) is 2.86. The van der Waals surface area contributed by atoms with E-state index in [0.29, 0.717) is 0 Å². The second-order valence-electron chi connectivity index (χ2n) is 3.61. The lowest BCUT2D eigenvalue weighted by atomic mass is 10.3. The summed E-state index contributed by atoms with van der Waals surface area (Å²) in [6.45, 7) is 3.67. The molecule has 0 bridgehead atoms. The Morgan fingerprint density at radius 2 is 2.38 bits per heavy atom. The topological polar surface area (TPSA) is 55.6 Å². The lowest BCUT2D eigenvalue weighted by Crippen LogP contribution is -2.05. The number of rotatable bonds is 5. The molecule has 0 spiro atoms. The van der Waals surface area contributed by atoms with Gasteiger partial charge in [0.15, 0.2) is 0 Å². The normalized spacial score (nSPS) is 10.9. The Bertz CT molecular complexity index is 448. The highest BCUT2D eigenvalue weighted by Gasteiger charge is 2.03. The van der Waals surface area contributed by atoms with Crippen molar-refractivity contribution in [3.8, 4) is 0 Å². The van der Waals surface area contributed by atoms with Gasteiger partial charge in [0.05, 0.1) is 16.9 Å². The molecule has 0 unspecified atom stereocenters. The van der Waals surface area contributed by atoms with Crippen LogP contribution in [0, 0.1) is 6.92 Å². The van der Waals surface area contributed by atoms with E-state index in [1.165, 1.54) is 4.88 Å². The summed E-state index contributed by atoms with van der Waals surface area (Å²) in [5.74, 6) is 0. The van der Waals surface area contributed by atoms with Gasteiger partial charge in [-0.05, 0) is 14.0 Å². The van der Waals surface area contributed by atoms with Gasteiger partial charge < -0.3 is 5.32 Å². The van der Waals surface area contributed by atoms with Gasteiger partial charge in [-0.2, -0.15) is 0 Å². The van der Waals surface area contributed by atoms with E-state index in [0.717, 1.165) is 30.9 Å². The first-order chi connectivity index (χ1) is 7.79. The van der Waals surface area contributed by atoms with Crippen LogP contribution in [0.2, 0.25) is 0 Å². The van der Waals surface area contributed by atoms with Crippen LogP contribution >= 0.6 is 11.3 Å². The third-order valence-corrected chi connectivity index (χ3v) is 3.35. The molecule has 0 saturated heterocycles. The van der Waals surface area contributed by atoms with E-state index in [1.807, 2.05) is 30.4 Å². The molecule has 0 aliphatic carbocycles. The quantitative estimate of drug-likeness (QED) is 0.843. The van der Waals surface area contributed by atoms with Gasteiger partial charge in [0.2, 0.25) is 0 Å². The minimum Gasteiger partial charge on any atom is -0.314 e. The first-order valence-corrected chi connectivity index (χ1v) is 6.10. The maximum Gasteiger partial charge on any atom is 0.0964 e. The van der Waals surface area contributed by atoms with Crippen molar-refractivity contribution in [2.45, 2.75) is 26.4 Å². The van der Waals surface area contributed by atoms with Gasteiger partial charge in [0.1, 0.15) is 0 Å². The van der Waals surface area contributed by atoms with Crippen molar-refractivity contribution in [2.24, 2.45) is 0 Å². The monoisotopic (exact) mass is 237 g/mol. The van der Waals surface area contributed by atoms with Crippen LogP contribution in [0.4, 0.5) is 0 Å². The van der Waals surface area contributed by atoms with E-state index in [1.54, 1.807) is 11.3 Å². The maximum atomic E-state index is 4.23. The van der Waals surface area contributed by atoms with Crippen molar-refractivity contribution in [1.29, 1.82) is 0 Å². The van der Waals surface area contributed by atoms with Gasteiger partial charge in [-0.1, -0.05) is 5.21 Å². The summed E-state index contributed by atoms with van der Waals surface area (Å²) in [6, 6.07) is 0. The summed E-state index contributed by atoms with van der Waals surface area (Å²) >= 11 is 1.70. The summed E-state index contributed by atoms with van der Waals surface area (Å²) < 4.78 is 1.88. The van der Waals surface area contributed by atoms with Crippen LogP contribution in [-0.4, -0.2) is 27.0 Å². The first-order valence-electron chi connectivity index (χ1n) is 5.22. The second-order valence-corrected chi connectivity index (χ2v) is 4.55. The number of aromatic nitrogens is 4. The standard InChI is InChI=1S/C10H15N5S/c1-8-10(16-7-12-8)3-4-15-6-9(5-11-2)13-14-15/h6-7,11H,3-5H2,1-2H3. The van der Waals surface area contributed by atoms with Gasteiger partial charge in [-0.3, -0.25) is 4.68 Å². The fourth-order valence-electron chi connectivity index (χ4n) is 1.49. The molecular formula is C10H15N5S. The van der Waals surface area contributed by atoms with Gasteiger partial charge in [-0.15, -0.1) is 16.4 Å². The number of thiazole rings is 1. The first kappa shape index (κ1) is 11.2. The van der Waals surface area contributed by atoms with Crippen molar-refractivity contribution in [3.63, 3.8) is 0 Å². The fourth-order valence-corrected chi connectivity index (χ4v) is 2.26. The highest BCUT2D eigenvalue weighted by molar-refractivity contribution is 7.09. The predicted molar refractivity (Wildman–Crippen MR) is 63.3 cm³/mol. The van der Waals surface area contributed by atoms with Crippen molar-refractivity contribution >= 4 is 11.3 Å². The Labute approximate surface area is 98.5 Å². The summed E-state index contributed by atoms with van der Waals surface area (Å²) in [7, 11) is 1.90. The molecule has 6 heteroatoms. The lowest BCUT2D eigenvalue weighted by Gasteiger charge is -1.98.